The Hall–Kier alpha value is -3.18. The van der Waals surface area contributed by atoms with Crippen molar-refractivity contribution in [1.29, 1.82) is 0 Å². The molecule has 0 radical (unpaired) electrons. The molecule has 266 valence electrons. The van der Waals surface area contributed by atoms with Gasteiger partial charge in [-0.25, -0.2) is 5.06 Å². The summed E-state index contributed by atoms with van der Waals surface area (Å²) in [6.45, 7) is 5.10. The molecule has 0 saturated carbocycles. The van der Waals surface area contributed by atoms with E-state index in [-0.39, 0.29) is 59.1 Å². The summed E-state index contributed by atoms with van der Waals surface area (Å²) in [7, 11) is 0. The Kier molecular flexibility index (Phi) is 10.3. The summed E-state index contributed by atoms with van der Waals surface area (Å²) in [6.07, 6.45) is -0.975. The average Bonchev–Trinajstić information content (AvgIpc) is 3.55. The third kappa shape index (κ3) is 7.20. The number of rotatable bonds is 8. The van der Waals surface area contributed by atoms with E-state index in [4.69, 9.17) is 42.5 Å². The molecule has 4 aliphatic rings. The first kappa shape index (κ1) is 35.6. The van der Waals surface area contributed by atoms with Crippen LogP contribution in [0.2, 0.25) is 5.02 Å². The lowest BCUT2D eigenvalue weighted by atomic mass is 9.94. The summed E-state index contributed by atoms with van der Waals surface area (Å²) >= 11 is 9.50. The SMILES string of the molecule is CCN(O)C(=O)/C(N)=C(\Br)C1=NCCCN(c2nc(OCC34CCCN3CCC4)nc3c2COC(c2cc(N)cc(Cl)c2C(F)(F)F)C3)C1. The highest BCUT2D eigenvalue weighted by atomic mass is 79.9. The van der Waals surface area contributed by atoms with E-state index in [1.807, 2.05) is 4.90 Å². The number of aromatic nitrogens is 2. The molecule has 1 aromatic heterocycles. The molecule has 0 spiro atoms. The molecule has 1 amide bonds. The van der Waals surface area contributed by atoms with Crippen LogP contribution >= 0.6 is 27.5 Å². The Morgan fingerprint density at radius 2 is 1.96 bits per heavy atom. The van der Waals surface area contributed by atoms with Gasteiger partial charge in [0.1, 0.15) is 18.1 Å². The van der Waals surface area contributed by atoms with Crippen LogP contribution in [0.5, 0.6) is 6.01 Å². The zero-order valence-electron chi connectivity index (χ0n) is 27.0. The first-order chi connectivity index (χ1) is 23.3. The topological polar surface area (TPSA) is 156 Å². The molecule has 1 aromatic carbocycles. The highest BCUT2D eigenvalue weighted by Crippen LogP contribution is 2.45. The third-order valence-electron chi connectivity index (χ3n) is 9.70. The number of likely N-dealkylation sites (N-methyl/N-ethyl adjacent to an activating group) is 1. The number of nitrogen functional groups attached to an aromatic ring is 1. The third-order valence-corrected chi connectivity index (χ3v) is 10.9. The van der Waals surface area contributed by atoms with Gasteiger partial charge in [0.25, 0.3) is 5.91 Å². The van der Waals surface area contributed by atoms with Gasteiger partial charge in [0.15, 0.2) is 0 Å². The normalized spacial score (nSPS) is 21.4. The number of nitrogens with two attached hydrogens (primary N) is 2. The molecule has 5 N–H and O–H groups in total. The first-order valence-corrected chi connectivity index (χ1v) is 17.5. The summed E-state index contributed by atoms with van der Waals surface area (Å²) in [5.41, 5.74) is 12.3. The number of hydrogen-bond acceptors (Lipinski definition) is 11. The van der Waals surface area contributed by atoms with Gasteiger partial charge in [-0.2, -0.15) is 23.1 Å². The monoisotopic (exact) mass is 770 g/mol. The molecule has 2 aromatic rings. The Morgan fingerprint density at radius 3 is 2.65 bits per heavy atom. The predicted molar refractivity (Wildman–Crippen MR) is 181 cm³/mol. The number of ether oxygens (including phenoxy) is 2. The summed E-state index contributed by atoms with van der Waals surface area (Å²) in [4.78, 5) is 31.3. The van der Waals surface area contributed by atoms with Gasteiger partial charge in [-0.05, 0) is 85.7 Å². The number of fused-ring (bicyclic) bond motifs is 2. The number of aliphatic imine (C=N–C) groups is 1. The molecular weight excluding hydrogens is 733 g/mol. The molecule has 12 nitrogen and oxygen atoms in total. The van der Waals surface area contributed by atoms with E-state index >= 15 is 0 Å². The Bertz CT molecular complexity index is 1670. The van der Waals surface area contributed by atoms with Crippen LogP contribution in [-0.2, 0) is 28.7 Å². The second kappa shape index (κ2) is 14.2. The van der Waals surface area contributed by atoms with Crippen molar-refractivity contribution < 1.29 is 32.6 Å². The van der Waals surface area contributed by atoms with Crippen LogP contribution in [0.3, 0.4) is 0 Å². The molecule has 17 heteroatoms. The highest BCUT2D eigenvalue weighted by molar-refractivity contribution is 9.12. The van der Waals surface area contributed by atoms with Gasteiger partial charge in [-0.3, -0.25) is 19.9 Å². The van der Waals surface area contributed by atoms with Gasteiger partial charge in [0, 0.05) is 37.3 Å². The van der Waals surface area contributed by atoms with Gasteiger partial charge in [0.2, 0.25) is 0 Å². The van der Waals surface area contributed by atoms with E-state index in [0.717, 1.165) is 44.8 Å². The lowest BCUT2D eigenvalue weighted by molar-refractivity contribution is -0.159. The fraction of sp³-hybridized carbons (Fsp3) is 0.562. The largest absolute Gasteiger partial charge is 0.461 e. The van der Waals surface area contributed by atoms with E-state index in [9.17, 15) is 23.2 Å². The van der Waals surface area contributed by atoms with Gasteiger partial charge in [-0.15, -0.1) is 0 Å². The lowest BCUT2D eigenvalue weighted by Crippen LogP contribution is -2.43. The summed E-state index contributed by atoms with van der Waals surface area (Å²) in [5.74, 6) is -0.279. The van der Waals surface area contributed by atoms with Crippen LogP contribution in [0.4, 0.5) is 24.7 Å². The number of benzene rings is 1. The number of carbonyl (C=O) groups is 1. The maximum atomic E-state index is 14.2. The van der Waals surface area contributed by atoms with Crippen molar-refractivity contribution in [2.45, 2.75) is 69.9 Å². The number of amides is 1. The molecule has 0 bridgehead atoms. The van der Waals surface area contributed by atoms with Crippen LogP contribution in [-0.4, -0.2) is 88.2 Å². The number of hydrogen-bond donors (Lipinski definition) is 3. The predicted octanol–water partition coefficient (Wildman–Crippen LogP) is 5.01. The van der Waals surface area contributed by atoms with Crippen molar-refractivity contribution in [3.05, 3.63) is 49.7 Å². The Balaban J connectivity index is 1.37. The van der Waals surface area contributed by atoms with E-state index in [2.05, 4.69) is 25.8 Å². The fourth-order valence-corrected chi connectivity index (χ4v) is 8.02. The molecule has 1 atom stereocenters. The summed E-state index contributed by atoms with van der Waals surface area (Å²) < 4.78 is 55.4. The van der Waals surface area contributed by atoms with Gasteiger partial charge < -0.3 is 25.8 Å². The minimum Gasteiger partial charge on any atom is -0.461 e. The molecule has 2 saturated heterocycles. The lowest BCUT2D eigenvalue weighted by Gasteiger charge is -2.33. The minimum absolute atomic E-state index is 0.00940. The molecule has 1 unspecified atom stereocenters. The Morgan fingerprint density at radius 1 is 1.22 bits per heavy atom. The van der Waals surface area contributed by atoms with Crippen molar-refractivity contribution in [3.63, 3.8) is 0 Å². The second-order valence-electron chi connectivity index (χ2n) is 12.8. The molecule has 0 aliphatic carbocycles. The van der Waals surface area contributed by atoms with E-state index in [1.165, 1.54) is 6.07 Å². The number of nitrogens with zero attached hydrogens (tertiary/aromatic N) is 6. The molecule has 49 heavy (non-hydrogen) atoms. The van der Waals surface area contributed by atoms with Crippen LogP contribution in [0.1, 0.15) is 67.5 Å². The zero-order chi connectivity index (χ0) is 35.1. The van der Waals surface area contributed by atoms with Crippen LogP contribution in [0, 0.1) is 0 Å². The zero-order valence-corrected chi connectivity index (χ0v) is 29.4. The molecule has 2 fully saturated rings. The number of anilines is 2. The average molecular weight is 772 g/mol. The number of carbonyl (C=O) groups excluding carboxylic acids is 1. The maximum Gasteiger partial charge on any atom is 0.418 e. The van der Waals surface area contributed by atoms with E-state index in [1.54, 1.807) is 6.92 Å². The summed E-state index contributed by atoms with van der Waals surface area (Å²) in [5, 5.41) is 9.96. The standard InChI is InChI=1S/C32H39BrClF3N8O4/c1-2-45(47)29(46)27(39)26(33)23-15-43(9-5-8-40-23)28-20-16-48-24(19-12-18(38)13-21(34)25(19)32(35,36)37)14-22(20)41-30(42-28)49-17-31-6-3-10-44(31)11-4-7-31/h12-13,24,47H,2-11,14-17,38-39H2,1H3/b27-26+. The van der Waals surface area contributed by atoms with Crippen LogP contribution in [0.25, 0.3) is 0 Å². The first-order valence-electron chi connectivity index (χ1n) is 16.3. The van der Waals surface area contributed by atoms with E-state index in [0.29, 0.717) is 54.0 Å². The molecule has 6 rings (SSSR count). The quantitative estimate of drug-likeness (QED) is 0.145. The van der Waals surface area contributed by atoms with Crippen LogP contribution in [0.15, 0.2) is 27.3 Å². The van der Waals surface area contributed by atoms with Gasteiger partial charge in [-0.1, -0.05) is 11.6 Å². The fourth-order valence-electron chi connectivity index (χ4n) is 7.26. The summed E-state index contributed by atoms with van der Waals surface area (Å²) in [6, 6.07) is 2.45. The van der Waals surface area contributed by atoms with Crippen molar-refractivity contribution >= 4 is 50.7 Å². The number of halogens is 5. The van der Waals surface area contributed by atoms with E-state index < -0.39 is 28.8 Å². The highest BCUT2D eigenvalue weighted by Gasteiger charge is 2.45. The minimum atomic E-state index is -4.74. The molecule has 5 heterocycles. The van der Waals surface area contributed by atoms with Gasteiger partial charge >= 0.3 is 12.2 Å². The maximum absolute atomic E-state index is 14.2. The number of hydroxylamine groups is 2. The number of alkyl halides is 3. The smallest absolute Gasteiger partial charge is 0.418 e. The molecular formula is C32H39BrClF3N8O4. The van der Waals surface area contributed by atoms with Crippen molar-refractivity contribution in [2.75, 3.05) is 56.5 Å². The van der Waals surface area contributed by atoms with Gasteiger partial charge in [0.05, 0.1) is 51.3 Å². The Labute approximate surface area is 295 Å². The van der Waals surface area contributed by atoms with Crippen LogP contribution < -0.4 is 21.1 Å². The second-order valence-corrected chi connectivity index (χ2v) is 14.0. The molecule has 4 aliphatic heterocycles. The van der Waals surface area contributed by atoms with Crippen molar-refractivity contribution in [3.8, 4) is 6.01 Å². The van der Waals surface area contributed by atoms with Crippen molar-refractivity contribution in [1.82, 2.24) is 19.9 Å². The van der Waals surface area contributed by atoms with Crippen molar-refractivity contribution in [2.24, 2.45) is 10.7 Å².